The Balaban J connectivity index is 2.37. The second kappa shape index (κ2) is 5.19. The molecule has 0 fully saturated rings. The van der Waals surface area contributed by atoms with Crippen LogP contribution in [0.5, 0.6) is 5.88 Å². The zero-order valence-electron chi connectivity index (χ0n) is 11.4. The van der Waals surface area contributed by atoms with E-state index in [1.807, 2.05) is 0 Å². The van der Waals surface area contributed by atoms with Gasteiger partial charge in [0.15, 0.2) is 5.65 Å². The summed E-state index contributed by atoms with van der Waals surface area (Å²) in [4.78, 5) is 16.9. The van der Waals surface area contributed by atoms with Crippen molar-refractivity contribution in [3.05, 3.63) is 40.8 Å². The fourth-order valence-electron chi connectivity index (χ4n) is 2.36. The molecule has 7 heteroatoms. The van der Waals surface area contributed by atoms with Gasteiger partial charge >= 0.3 is 0 Å². The predicted molar refractivity (Wildman–Crippen MR) is 76.6 cm³/mol. The Hall–Kier alpha value is -2.38. The van der Waals surface area contributed by atoms with Crippen LogP contribution in [0.2, 0.25) is 0 Å². The zero-order chi connectivity index (χ0) is 15.0. The molecule has 21 heavy (non-hydrogen) atoms. The van der Waals surface area contributed by atoms with Crippen LogP contribution in [0.1, 0.15) is 0 Å². The first-order valence-corrected chi connectivity index (χ1v) is 6.49. The van der Waals surface area contributed by atoms with E-state index in [0.29, 0.717) is 22.6 Å². The molecule has 0 amide bonds. The van der Waals surface area contributed by atoms with Crippen LogP contribution in [0.3, 0.4) is 0 Å². The minimum absolute atomic E-state index is 0.00151. The van der Waals surface area contributed by atoms with Crippen LogP contribution in [0.4, 0.5) is 0 Å². The number of aromatic nitrogens is 3. The monoisotopic (exact) mass is 289 g/mol. The molecule has 110 valence electrons. The second-order valence-corrected chi connectivity index (χ2v) is 4.71. The molecule has 3 heterocycles. The van der Waals surface area contributed by atoms with Crippen molar-refractivity contribution in [3.8, 4) is 5.88 Å². The molecule has 0 bridgehead atoms. The molecule has 1 unspecified atom stereocenters. The third-order valence-electron chi connectivity index (χ3n) is 3.37. The highest BCUT2D eigenvalue weighted by Gasteiger charge is 2.14. The predicted octanol–water partition coefficient (Wildman–Crippen LogP) is 0.0110. The van der Waals surface area contributed by atoms with E-state index >= 15 is 0 Å². The van der Waals surface area contributed by atoms with E-state index in [2.05, 4.69) is 4.98 Å². The Morgan fingerprint density at radius 2 is 2.14 bits per heavy atom. The maximum absolute atomic E-state index is 12.5. The van der Waals surface area contributed by atoms with Crippen molar-refractivity contribution in [2.24, 2.45) is 0 Å². The SMILES string of the molecule is COc1ccc2c(n1)n1cccc1c(=O)n2CC(O)CO. The molecule has 7 nitrogen and oxygen atoms in total. The lowest BCUT2D eigenvalue weighted by Gasteiger charge is -2.14. The maximum Gasteiger partial charge on any atom is 0.275 e. The van der Waals surface area contributed by atoms with Gasteiger partial charge in [-0.05, 0) is 18.2 Å². The lowest BCUT2D eigenvalue weighted by molar-refractivity contribution is 0.0815. The minimum atomic E-state index is -1.01. The van der Waals surface area contributed by atoms with E-state index in [0.717, 1.165) is 0 Å². The van der Waals surface area contributed by atoms with Gasteiger partial charge in [0.05, 0.1) is 31.9 Å². The third-order valence-corrected chi connectivity index (χ3v) is 3.37. The fraction of sp³-hybridized carbons (Fsp3) is 0.286. The number of methoxy groups -OCH3 is 1. The lowest BCUT2D eigenvalue weighted by Crippen LogP contribution is -2.30. The minimum Gasteiger partial charge on any atom is -0.481 e. The standard InChI is InChI=1S/C14H15N3O4/c1-21-12-5-4-10-13(15-12)16-6-2-3-11(16)14(20)17(10)7-9(19)8-18/h2-6,9,18-19H,7-8H2,1H3. The maximum atomic E-state index is 12.5. The first-order valence-electron chi connectivity index (χ1n) is 6.49. The number of rotatable bonds is 4. The summed E-state index contributed by atoms with van der Waals surface area (Å²) in [6, 6.07) is 6.81. The number of fused-ring (bicyclic) bond motifs is 3. The summed E-state index contributed by atoms with van der Waals surface area (Å²) in [5.74, 6) is 0.436. The normalized spacial score (nSPS) is 12.9. The van der Waals surface area contributed by atoms with Crippen molar-refractivity contribution < 1.29 is 14.9 Å². The smallest absolute Gasteiger partial charge is 0.275 e. The van der Waals surface area contributed by atoms with Gasteiger partial charge in [0.1, 0.15) is 5.52 Å². The van der Waals surface area contributed by atoms with Gasteiger partial charge in [-0.2, -0.15) is 4.98 Å². The van der Waals surface area contributed by atoms with Crippen LogP contribution in [-0.2, 0) is 6.54 Å². The van der Waals surface area contributed by atoms with Crippen molar-refractivity contribution in [3.63, 3.8) is 0 Å². The Morgan fingerprint density at radius 1 is 1.33 bits per heavy atom. The molecule has 3 rings (SSSR count). The molecular weight excluding hydrogens is 274 g/mol. The van der Waals surface area contributed by atoms with Gasteiger partial charge in [0.2, 0.25) is 5.88 Å². The first kappa shape index (κ1) is 13.6. The second-order valence-electron chi connectivity index (χ2n) is 4.71. The Bertz CT molecular complexity index is 852. The molecule has 0 spiro atoms. The molecule has 3 aromatic heterocycles. The number of hydrogen-bond acceptors (Lipinski definition) is 5. The van der Waals surface area contributed by atoms with Crippen molar-refractivity contribution in [1.29, 1.82) is 0 Å². The number of aliphatic hydroxyl groups excluding tert-OH is 2. The zero-order valence-corrected chi connectivity index (χ0v) is 11.4. The molecule has 3 aromatic rings. The summed E-state index contributed by atoms with van der Waals surface area (Å²) in [5, 5.41) is 18.7. The molecule has 0 aromatic carbocycles. The van der Waals surface area contributed by atoms with E-state index in [-0.39, 0.29) is 12.1 Å². The van der Waals surface area contributed by atoms with Crippen molar-refractivity contribution >= 4 is 16.7 Å². The summed E-state index contributed by atoms with van der Waals surface area (Å²) in [6.45, 7) is -0.411. The van der Waals surface area contributed by atoms with Crippen LogP contribution in [0.15, 0.2) is 35.3 Å². The third kappa shape index (κ3) is 2.16. The summed E-state index contributed by atoms with van der Waals surface area (Å²) in [5.41, 5.74) is 1.33. The van der Waals surface area contributed by atoms with Crippen LogP contribution < -0.4 is 10.3 Å². The van der Waals surface area contributed by atoms with Crippen LogP contribution in [0, 0.1) is 0 Å². The topological polar surface area (TPSA) is 89.0 Å². The fourth-order valence-corrected chi connectivity index (χ4v) is 2.36. The van der Waals surface area contributed by atoms with Crippen LogP contribution in [-0.4, -0.2) is 44.0 Å². The van der Waals surface area contributed by atoms with Gasteiger partial charge in [-0.1, -0.05) is 0 Å². The summed E-state index contributed by atoms with van der Waals surface area (Å²) < 4.78 is 8.22. The Labute approximate surface area is 119 Å². The van der Waals surface area contributed by atoms with Gasteiger partial charge < -0.3 is 19.5 Å². The highest BCUT2D eigenvalue weighted by Crippen LogP contribution is 2.17. The number of nitrogens with zero attached hydrogens (tertiary/aromatic N) is 3. The highest BCUT2D eigenvalue weighted by molar-refractivity contribution is 5.75. The van der Waals surface area contributed by atoms with Crippen molar-refractivity contribution in [1.82, 2.24) is 14.0 Å². The summed E-state index contributed by atoms with van der Waals surface area (Å²) in [6.07, 6.45) is 0.739. The Kier molecular flexibility index (Phi) is 3.36. The molecule has 0 radical (unpaired) electrons. The molecule has 1 atom stereocenters. The highest BCUT2D eigenvalue weighted by atomic mass is 16.5. The van der Waals surface area contributed by atoms with E-state index in [1.54, 1.807) is 34.9 Å². The molecule has 0 aliphatic rings. The molecule has 0 aliphatic heterocycles. The van der Waals surface area contributed by atoms with Crippen LogP contribution in [0.25, 0.3) is 16.7 Å². The molecule has 0 aliphatic carbocycles. The van der Waals surface area contributed by atoms with E-state index in [9.17, 15) is 9.90 Å². The van der Waals surface area contributed by atoms with Crippen LogP contribution >= 0.6 is 0 Å². The number of pyridine rings is 1. The Morgan fingerprint density at radius 3 is 2.86 bits per heavy atom. The van der Waals surface area contributed by atoms with Gasteiger partial charge in [0, 0.05) is 12.3 Å². The quantitative estimate of drug-likeness (QED) is 0.706. The van der Waals surface area contributed by atoms with E-state index in [1.165, 1.54) is 11.7 Å². The largest absolute Gasteiger partial charge is 0.481 e. The van der Waals surface area contributed by atoms with E-state index < -0.39 is 12.7 Å². The lowest BCUT2D eigenvalue weighted by atomic mass is 10.3. The first-order chi connectivity index (χ1) is 10.2. The summed E-state index contributed by atoms with van der Waals surface area (Å²) >= 11 is 0. The van der Waals surface area contributed by atoms with Crippen molar-refractivity contribution in [2.45, 2.75) is 12.6 Å². The molecule has 2 N–H and O–H groups in total. The average molecular weight is 289 g/mol. The number of hydrogen-bond donors (Lipinski definition) is 2. The number of ether oxygens (including phenoxy) is 1. The van der Waals surface area contributed by atoms with E-state index in [4.69, 9.17) is 9.84 Å². The molecule has 0 saturated carbocycles. The van der Waals surface area contributed by atoms with Gasteiger partial charge in [-0.3, -0.25) is 9.20 Å². The molecular formula is C14H15N3O4. The van der Waals surface area contributed by atoms with Gasteiger partial charge in [0.25, 0.3) is 5.56 Å². The summed E-state index contributed by atoms with van der Waals surface area (Å²) in [7, 11) is 1.52. The van der Waals surface area contributed by atoms with Gasteiger partial charge in [-0.15, -0.1) is 0 Å². The molecule has 0 saturated heterocycles. The van der Waals surface area contributed by atoms with Crippen molar-refractivity contribution in [2.75, 3.05) is 13.7 Å². The average Bonchev–Trinajstić information content (AvgIpc) is 3.00. The number of aliphatic hydroxyl groups is 2. The van der Waals surface area contributed by atoms with Gasteiger partial charge in [-0.25, -0.2) is 0 Å².